The van der Waals surface area contributed by atoms with E-state index in [1.807, 2.05) is 31.2 Å². The van der Waals surface area contributed by atoms with E-state index < -0.39 is 8.07 Å². The Labute approximate surface area is 109 Å². The fourth-order valence-corrected chi connectivity index (χ4v) is 3.94. The van der Waals surface area contributed by atoms with Crippen molar-refractivity contribution in [1.29, 1.82) is 0 Å². The summed E-state index contributed by atoms with van der Waals surface area (Å²) in [6, 6.07) is 13.5. The minimum Gasteiger partial charge on any atom is -0.206 e. The van der Waals surface area contributed by atoms with E-state index in [2.05, 4.69) is 25.7 Å². The van der Waals surface area contributed by atoms with Crippen molar-refractivity contribution in [2.45, 2.75) is 26.6 Å². The fraction of sp³-hybridized carbons (Fsp3) is 0.250. The van der Waals surface area contributed by atoms with Crippen LogP contribution in [-0.2, 0) is 0 Å². The monoisotopic (exact) mass is 258 g/mol. The van der Waals surface area contributed by atoms with Crippen LogP contribution < -0.4 is 5.19 Å². The van der Waals surface area contributed by atoms with Gasteiger partial charge in [-0.15, -0.1) is 0 Å². The Balaban J connectivity index is 2.73. The molecule has 0 nitrogen and oxygen atoms in total. The summed E-state index contributed by atoms with van der Waals surface area (Å²) in [7, 11) is -1.47. The normalized spacial score (nSPS) is 11.6. The zero-order chi connectivity index (χ0) is 13.3. The van der Waals surface area contributed by atoms with E-state index in [0.29, 0.717) is 0 Å². The van der Waals surface area contributed by atoms with Crippen molar-refractivity contribution in [1.82, 2.24) is 0 Å². The van der Waals surface area contributed by atoms with Crippen molar-refractivity contribution < 1.29 is 4.39 Å². The van der Waals surface area contributed by atoms with Crippen molar-refractivity contribution >= 4 is 13.3 Å². The van der Waals surface area contributed by atoms with Gasteiger partial charge in [0.25, 0.3) is 0 Å². The fourth-order valence-electron chi connectivity index (χ4n) is 2.33. The number of aryl methyl sites for hydroxylation is 1. The highest BCUT2D eigenvalue weighted by molar-refractivity contribution is 6.89. The lowest BCUT2D eigenvalue weighted by molar-refractivity contribution is 0.630. The molecule has 2 heteroatoms. The van der Waals surface area contributed by atoms with E-state index in [1.165, 1.54) is 5.19 Å². The minimum atomic E-state index is -1.47. The van der Waals surface area contributed by atoms with Gasteiger partial charge in [0.15, 0.2) is 0 Å². The van der Waals surface area contributed by atoms with Crippen LogP contribution in [-0.4, -0.2) is 8.07 Å². The molecule has 0 bridgehead atoms. The Morgan fingerprint density at radius 3 is 2.17 bits per heavy atom. The van der Waals surface area contributed by atoms with Gasteiger partial charge in [-0.3, -0.25) is 0 Å². The predicted molar refractivity (Wildman–Crippen MR) is 79.6 cm³/mol. The maximum atomic E-state index is 14.1. The smallest absolute Gasteiger partial charge is 0.131 e. The second-order valence-corrected chi connectivity index (χ2v) is 10.8. The standard InChI is InChI=1S/C16H19FSi/c1-12-8-7-10-14(17)16(12)13-9-5-6-11-15(13)18(2,3)4/h5-11H,1-4H3. The molecule has 0 fully saturated rings. The molecule has 0 N–H and O–H groups in total. The summed E-state index contributed by atoms with van der Waals surface area (Å²) in [6.07, 6.45) is 0. The highest BCUT2D eigenvalue weighted by Gasteiger charge is 2.22. The lowest BCUT2D eigenvalue weighted by Gasteiger charge is -2.22. The van der Waals surface area contributed by atoms with Gasteiger partial charge in [0.05, 0.1) is 8.07 Å². The maximum absolute atomic E-state index is 14.1. The Morgan fingerprint density at radius 2 is 1.56 bits per heavy atom. The molecule has 0 spiro atoms. The number of hydrogen-bond donors (Lipinski definition) is 0. The molecule has 0 aliphatic heterocycles. The van der Waals surface area contributed by atoms with Gasteiger partial charge in [-0.25, -0.2) is 4.39 Å². The van der Waals surface area contributed by atoms with Gasteiger partial charge < -0.3 is 0 Å². The Kier molecular flexibility index (Phi) is 3.40. The first-order valence-corrected chi connectivity index (χ1v) is 9.76. The van der Waals surface area contributed by atoms with Crippen molar-refractivity contribution in [2.75, 3.05) is 0 Å². The molecule has 0 amide bonds. The van der Waals surface area contributed by atoms with Crippen LogP contribution in [0.25, 0.3) is 11.1 Å². The first kappa shape index (κ1) is 13.0. The van der Waals surface area contributed by atoms with Crippen LogP contribution in [0.5, 0.6) is 0 Å². The SMILES string of the molecule is Cc1cccc(F)c1-c1ccccc1[Si](C)(C)C. The second kappa shape index (κ2) is 4.69. The molecular weight excluding hydrogens is 239 g/mol. The molecule has 2 aromatic carbocycles. The molecule has 0 atom stereocenters. The molecule has 94 valence electrons. The molecule has 2 aromatic rings. The van der Waals surface area contributed by atoms with Gasteiger partial charge in [0, 0.05) is 5.56 Å². The summed E-state index contributed by atoms with van der Waals surface area (Å²) in [4.78, 5) is 0. The largest absolute Gasteiger partial charge is 0.206 e. The molecule has 0 saturated heterocycles. The molecule has 0 radical (unpaired) electrons. The maximum Gasteiger partial charge on any atom is 0.131 e. The van der Waals surface area contributed by atoms with Gasteiger partial charge in [-0.05, 0) is 24.1 Å². The molecule has 0 aliphatic carbocycles. The molecular formula is C16H19FSi. The van der Waals surface area contributed by atoms with Gasteiger partial charge in [-0.1, -0.05) is 61.2 Å². The zero-order valence-electron chi connectivity index (χ0n) is 11.4. The van der Waals surface area contributed by atoms with E-state index in [-0.39, 0.29) is 5.82 Å². The predicted octanol–water partition coefficient (Wildman–Crippen LogP) is 4.35. The van der Waals surface area contributed by atoms with Gasteiger partial charge in [-0.2, -0.15) is 0 Å². The van der Waals surface area contributed by atoms with Gasteiger partial charge in [0.1, 0.15) is 5.82 Å². The van der Waals surface area contributed by atoms with E-state index in [9.17, 15) is 4.39 Å². The minimum absolute atomic E-state index is 0.124. The Morgan fingerprint density at radius 1 is 0.889 bits per heavy atom. The van der Waals surface area contributed by atoms with Crippen LogP contribution in [0.2, 0.25) is 19.6 Å². The first-order chi connectivity index (χ1) is 8.41. The molecule has 0 heterocycles. The van der Waals surface area contributed by atoms with Crippen LogP contribution >= 0.6 is 0 Å². The number of benzene rings is 2. The van der Waals surface area contributed by atoms with Crippen LogP contribution in [0.4, 0.5) is 4.39 Å². The second-order valence-electron chi connectivity index (χ2n) is 5.73. The lowest BCUT2D eigenvalue weighted by Crippen LogP contribution is -2.39. The van der Waals surface area contributed by atoms with Gasteiger partial charge >= 0.3 is 0 Å². The van der Waals surface area contributed by atoms with E-state index in [4.69, 9.17) is 0 Å². The molecule has 0 aromatic heterocycles. The summed E-state index contributed by atoms with van der Waals surface area (Å²) in [5.74, 6) is -0.124. The van der Waals surface area contributed by atoms with Crippen LogP contribution in [0, 0.1) is 12.7 Å². The Hall–Kier alpha value is -1.41. The molecule has 2 rings (SSSR count). The molecule has 0 saturated carbocycles. The topological polar surface area (TPSA) is 0 Å². The van der Waals surface area contributed by atoms with E-state index in [1.54, 1.807) is 12.1 Å². The van der Waals surface area contributed by atoms with E-state index >= 15 is 0 Å². The van der Waals surface area contributed by atoms with Crippen molar-refractivity contribution in [3.05, 3.63) is 53.8 Å². The third-order valence-corrected chi connectivity index (χ3v) is 5.28. The zero-order valence-corrected chi connectivity index (χ0v) is 12.4. The number of hydrogen-bond acceptors (Lipinski definition) is 0. The molecule has 0 unspecified atom stereocenters. The summed E-state index contributed by atoms with van der Waals surface area (Å²) in [6.45, 7) is 8.85. The highest BCUT2D eigenvalue weighted by Crippen LogP contribution is 2.26. The van der Waals surface area contributed by atoms with Crippen molar-refractivity contribution in [2.24, 2.45) is 0 Å². The summed E-state index contributed by atoms with van der Waals surface area (Å²) >= 11 is 0. The quantitative estimate of drug-likeness (QED) is 0.703. The van der Waals surface area contributed by atoms with Crippen molar-refractivity contribution in [3.63, 3.8) is 0 Å². The number of halogens is 1. The number of rotatable bonds is 2. The third-order valence-electron chi connectivity index (χ3n) is 3.23. The van der Waals surface area contributed by atoms with Crippen LogP contribution in [0.15, 0.2) is 42.5 Å². The summed E-state index contributed by atoms with van der Waals surface area (Å²) in [5.41, 5.74) is 2.82. The molecule has 0 aliphatic rings. The average molecular weight is 258 g/mol. The van der Waals surface area contributed by atoms with E-state index in [0.717, 1.165) is 16.7 Å². The highest BCUT2D eigenvalue weighted by atomic mass is 28.3. The third kappa shape index (κ3) is 2.39. The molecule has 18 heavy (non-hydrogen) atoms. The van der Waals surface area contributed by atoms with Crippen LogP contribution in [0.1, 0.15) is 5.56 Å². The average Bonchev–Trinajstić information content (AvgIpc) is 2.28. The van der Waals surface area contributed by atoms with Crippen LogP contribution in [0.3, 0.4) is 0 Å². The summed E-state index contributed by atoms with van der Waals surface area (Å²) in [5, 5.41) is 1.32. The summed E-state index contributed by atoms with van der Waals surface area (Å²) < 4.78 is 14.1. The first-order valence-electron chi connectivity index (χ1n) is 6.26. The lowest BCUT2D eigenvalue weighted by atomic mass is 10.00. The van der Waals surface area contributed by atoms with Crippen molar-refractivity contribution in [3.8, 4) is 11.1 Å². The Bertz CT molecular complexity index is 547. The van der Waals surface area contributed by atoms with Gasteiger partial charge in [0.2, 0.25) is 0 Å².